The molecule has 1 aromatic carbocycles. The molecule has 1 spiro atoms. The van der Waals surface area contributed by atoms with Crippen molar-refractivity contribution in [1.82, 2.24) is 0 Å². The van der Waals surface area contributed by atoms with E-state index in [1.165, 1.54) is 19.8 Å². The van der Waals surface area contributed by atoms with Gasteiger partial charge in [0.05, 0.1) is 12.1 Å². The summed E-state index contributed by atoms with van der Waals surface area (Å²) in [5.41, 5.74) is 4.61. The largest absolute Gasteiger partial charge is 0.386 e. The molecule has 2 saturated carbocycles. The van der Waals surface area contributed by atoms with Crippen LogP contribution in [0.5, 0.6) is 0 Å². The summed E-state index contributed by atoms with van der Waals surface area (Å²) in [6.45, 7) is 0. The molecule has 1 aliphatic heterocycles. The monoisotopic (exact) mass is 350 g/mol. The Labute approximate surface area is 153 Å². The third kappa shape index (κ3) is 1.48. The lowest BCUT2D eigenvalue weighted by Gasteiger charge is -2.37. The molecule has 4 rings (SSSR count). The van der Waals surface area contributed by atoms with Gasteiger partial charge in [-0.1, -0.05) is 30.3 Å². The van der Waals surface area contributed by atoms with Crippen LogP contribution < -0.4 is 5.73 Å². The minimum absolute atomic E-state index is 0.170. The molecule has 1 aromatic rings. The Morgan fingerprint density at radius 2 is 1.69 bits per heavy atom. The van der Waals surface area contributed by atoms with Gasteiger partial charge >= 0.3 is 0 Å². The molecular weight excluding hydrogens is 328 g/mol. The molecule has 134 valence electrons. The van der Waals surface area contributed by atoms with Crippen LogP contribution in [0.25, 0.3) is 0 Å². The number of methoxy groups -OCH3 is 2. The fourth-order valence-corrected chi connectivity index (χ4v) is 5.90. The molecule has 2 fully saturated rings. The van der Waals surface area contributed by atoms with Crippen molar-refractivity contribution < 1.29 is 9.47 Å². The second kappa shape index (κ2) is 5.30. The molecule has 0 unspecified atom stereocenters. The summed E-state index contributed by atoms with van der Waals surface area (Å²) >= 11 is 0. The van der Waals surface area contributed by atoms with E-state index < -0.39 is 22.2 Å². The molecular formula is C20H22N4O2. The zero-order valence-electron chi connectivity index (χ0n) is 15.0. The summed E-state index contributed by atoms with van der Waals surface area (Å²) in [7, 11) is 2.91. The summed E-state index contributed by atoms with van der Waals surface area (Å²) in [6, 6.07) is 15.1. The van der Waals surface area contributed by atoms with E-state index in [-0.39, 0.29) is 5.84 Å². The van der Waals surface area contributed by atoms with E-state index in [0.717, 1.165) is 25.7 Å². The van der Waals surface area contributed by atoms with Crippen LogP contribution in [-0.2, 0) is 9.47 Å². The molecule has 0 bridgehead atoms. The van der Waals surface area contributed by atoms with E-state index in [4.69, 9.17) is 15.2 Å². The molecule has 1 heterocycles. The lowest BCUT2D eigenvalue weighted by Crippen LogP contribution is -2.44. The maximum atomic E-state index is 10.2. The average Bonchev–Trinajstić information content (AvgIpc) is 3.11. The predicted octanol–water partition coefficient (Wildman–Crippen LogP) is 2.68. The smallest absolute Gasteiger partial charge is 0.292 e. The summed E-state index contributed by atoms with van der Waals surface area (Å²) in [4.78, 5) is 4.31. The number of nitrogens with two attached hydrogens (primary N) is 1. The minimum atomic E-state index is -1.51. The fourth-order valence-electron chi connectivity index (χ4n) is 5.90. The Hall–Kier alpha value is -2.41. The van der Waals surface area contributed by atoms with Gasteiger partial charge in [0.2, 0.25) is 0 Å². The first-order chi connectivity index (χ1) is 12.5. The summed E-state index contributed by atoms with van der Waals surface area (Å²) in [5, 5.41) is 20.3. The van der Waals surface area contributed by atoms with Gasteiger partial charge in [-0.05, 0) is 37.2 Å². The summed E-state index contributed by atoms with van der Waals surface area (Å²) in [5.74, 6) is -0.920. The van der Waals surface area contributed by atoms with Crippen LogP contribution in [-0.4, -0.2) is 26.0 Å². The van der Waals surface area contributed by atoms with Gasteiger partial charge in [-0.15, -0.1) is 0 Å². The van der Waals surface area contributed by atoms with Crippen molar-refractivity contribution in [3.05, 3.63) is 35.9 Å². The Balaban J connectivity index is 1.74. The second-order valence-electron chi connectivity index (χ2n) is 7.48. The molecule has 6 nitrogen and oxygen atoms in total. The topological polar surface area (TPSA) is 104 Å². The van der Waals surface area contributed by atoms with Gasteiger partial charge in [0.25, 0.3) is 5.91 Å². The Morgan fingerprint density at radius 3 is 2.19 bits per heavy atom. The van der Waals surface area contributed by atoms with Crippen LogP contribution in [0.3, 0.4) is 0 Å². The third-order valence-corrected chi connectivity index (χ3v) is 7.06. The van der Waals surface area contributed by atoms with Crippen LogP contribution in [0.4, 0.5) is 0 Å². The van der Waals surface area contributed by atoms with Gasteiger partial charge in [0, 0.05) is 19.6 Å². The maximum Gasteiger partial charge on any atom is 0.292 e. The zero-order valence-corrected chi connectivity index (χ0v) is 15.0. The van der Waals surface area contributed by atoms with Crippen LogP contribution >= 0.6 is 0 Å². The van der Waals surface area contributed by atoms with E-state index in [0.29, 0.717) is 5.92 Å². The van der Waals surface area contributed by atoms with Crippen LogP contribution in [0, 0.1) is 38.9 Å². The Morgan fingerprint density at radius 1 is 1.08 bits per heavy atom. The van der Waals surface area contributed by atoms with Crippen molar-refractivity contribution in [2.45, 2.75) is 37.5 Å². The fraction of sp³-hybridized carbons (Fsp3) is 0.550. The van der Waals surface area contributed by atoms with Crippen molar-refractivity contribution in [2.24, 2.45) is 27.0 Å². The quantitative estimate of drug-likeness (QED) is 0.844. The summed E-state index contributed by atoms with van der Waals surface area (Å²) < 4.78 is 11.1. The highest BCUT2D eigenvalue weighted by atomic mass is 16.7. The van der Waals surface area contributed by atoms with Crippen LogP contribution in [0.15, 0.2) is 35.3 Å². The number of hydrogen-bond acceptors (Lipinski definition) is 6. The first-order valence-corrected chi connectivity index (χ1v) is 8.88. The number of rotatable bonds is 3. The lowest BCUT2D eigenvalue weighted by molar-refractivity contribution is -0.238. The number of benzene rings is 1. The number of nitriles is 2. The maximum absolute atomic E-state index is 10.2. The van der Waals surface area contributed by atoms with E-state index in [1.807, 2.05) is 18.2 Å². The first-order valence-electron chi connectivity index (χ1n) is 8.88. The Kier molecular flexibility index (Phi) is 3.47. The third-order valence-electron chi connectivity index (χ3n) is 7.06. The van der Waals surface area contributed by atoms with Crippen molar-refractivity contribution in [3.8, 4) is 12.1 Å². The average molecular weight is 350 g/mol. The SMILES string of the molecule is COC1(OC)N=C(N)[C@@]2(C#N)C3(CCC(c4ccccc4)CC3)[C@@]12C#N. The lowest BCUT2D eigenvalue weighted by atomic mass is 9.71. The van der Waals surface area contributed by atoms with Gasteiger partial charge in [-0.2, -0.15) is 10.5 Å². The molecule has 2 N–H and O–H groups in total. The molecule has 26 heavy (non-hydrogen) atoms. The van der Waals surface area contributed by atoms with E-state index in [1.54, 1.807) is 0 Å². The van der Waals surface area contributed by atoms with Gasteiger partial charge in [-0.3, -0.25) is 0 Å². The second-order valence-corrected chi connectivity index (χ2v) is 7.48. The molecule has 0 saturated heterocycles. The highest BCUT2D eigenvalue weighted by Crippen LogP contribution is 2.89. The van der Waals surface area contributed by atoms with Crippen LogP contribution in [0.2, 0.25) is 0 Å². The molecule has 3 aliphatic rings. The number of ether oxygens (including phenoxy) is 2. The number of hydrogen-bond donors (Lipinski definition) is 1. The number of aliphatic imine (C=N–C) groups is 1. The van der Waals surface area contributed by atoms with E-state index >= 15 is 0 Å². The van der Waals surface area contributed by atoms with Gasteiger partial charge in [0.1, 0.15) is 11.3 Å². The van der Waals surface area contributed by atoms with Crippen LogP contribution in [0.1, 0.15) is 37.2 Å². The standard InChI is InChI=1S/C20H22N4O2/c1-25-20(26-2)19(13-22)17(18(19,12-21)16(23)24-20)10-8-15(9-11-17)14-6-4-3-5-7-14/h3-7,15H,8-11H2,1-2H3,(H2,23,24)/t15?,17?,18-,19+/m0/s1. The van der Waals surface area contributed by atoms with E-state index in [2.05, 4.69) is 29.3 Å². The van der Waals surface area contributed by atoms with Crippen molar-refractivity contribution in [3.63, 3.8) is 0 Å². The zero-order chi connectivity index (χ0) is 18.6. The van der Waals surface area contributed by atoms with Crippen molar-refractivity contribution in [2.75, 3.05) is 14.2 Å². The van der Waals surface area contributed by atoms with Gasteiger partial charge < -0.3 is 15.2 Å². The molecule has 0 amide bonds. The summed E-state index contributed by atoms with van der Waals surface area (Å²) in [6.07, 6.45) is 3.23. The normalized spacial score (nSPS) is 39.5. The van der Waals surface area contributed by atoms with Gasteiger partial charge in [-0.25, -0.2) is 4.99 Å². The number of nitrogens with zero attached hydrogens (tertiary/aromatic N) is 3. The number of fused-ring (bicyclic) bond motifs is 3. The first kappa shape index (κ1) is 17.0. The highest BCUT2D eigenvalue weighted by Gasteiger charge is 3.00. The molecule has 0 aromatic heterocycles. The minimum Gasteiger partial charge on any atom is -0.386 e. The van der Waals surface area contributed by atoms with Crippen molar-refractivity contribution >= 4 is 5.84 Å². The molecule has 2 aliphatic carbocycles. The predicted molar refractivity (Wildman–Crippen MR) is 94.5 cm³/mol. The Bertz CT molecular complexity index is 841. The molecule has 2 atom stereocenters. The molecule has 0 radical (unpaired) electrons. The molecule has 6 heteroatoms. The highest BCUT2D eigenvalue weighted by molar-refractivity contribution is 6.00. The number of amidine groups is 1. The van der Waals surface area contributed by atoms with Crippen molar-refractivity contribution in [1.29, 1.82) is 10.5 Å². The van der Waals surface area contributed by atoms with Gasteiger partial charge in [0.15, 0.2) is 5.41 Å². The van der Waals surface area contributed by atoms with E-state index in [9.17, 15) is 10.5 Å².